The van der Waals surface area contributed by atoms with Gasteiger partial charge in [0.05, 0.1) is 6.10 Å². The maximum atomic E-state index is 12.2. The standard InChI is InChI=1S/C8H11F3N2O/c1-5(14)3-6-4-7(8(9,10)11)12-13(6)2/h4-5,14H,3H2,1-2H3/t5-/m1/s1. The zero-order valence-electron chi connectivity index (χ0n) is 7.84. The molecule has 0 amide bonds. The first kappa shape index (κ1) is 11.0. The molecule has 3 nitrogen and oxygen atoms in total. The van der Waals surface area contributed by atoms with Crippen LogP contribution in [0.5, 0.6) is 0 Å². The van der Waals surface area contributed by atoms with Crippen molar-refractivity contribution in [1.29, 1.82) is 0 Å². The van der Waals surface area contributed by atoms with Crippen LogP contribution in [0.1, 0.15) is 18.3 Å². The molecule has 0 aliphatic rings. The van der Waals surface area contributed by atoms with E-state index in [4.69, 9.17) is 5.11 Å². The van der Waals surface area contributed by atoms with Crippen LogP contribution in [0.3, 0.4) is 0 Å². The Morgan fingerprint density at radius 1 is 1.57 bits per heavy atom. The molecular formula is C8H11F3N2O. The SMILES string of the molecule is C[C@@H](O)Cc1cc(C(F)(F)F)nn1C. The van der Waals surface area contributed by atoms with Crippen molar-refractivity contribution in [1.82, 2.24) is 9.78 Å². The number of hydrogen-bond acceptors (Lipinski definition) is 2. The molecule has 0 aliphatic heterocycles. The van der Waals surface area contributed by atoms with Gasteiger partial charge in [-0.25, -0.2) is 0 Å². The Morgan fingerprint density at radius 2 is 2.14 bits per heavy atom. The fourth-order valence-corrected chi connectivity index (χ4v) is 1.14. The van der Waals surface area contributed by atoms with Gasteiger partial charge in [0.2, 0.25) is 0 Å². The van der Waals surface area contributed by atoms with Crippen molar-refractivity contribution in [2.24, 2.45) is 7.05 Å². The molecule has 1 rings (SSSR count). The van der Waals surface area contributed by atoms with E-state index >= 15 is 0 Å². The summed E-state index contributed by atoms with van der Waals surface area (Å²) in [5.41, 5.74) is -0.553. The molecule has 1 aromatic rings. The zero-order valence-corrected chi connectivity index (χ0v) is 7.84. The van der Waals surface area contributed by atoms with E-state index in [1.807, 2.05) is 0 Å². The van der Waals surface area contributed by atoms with E-state index in [0.29, 0.717) is 5.69 Å². The van der Waals surface area contributed by atoms with E-state index in [9.17, 15) is 13.2 Å². The molecule has 1 N–H and O–H groups in total. The summed E-state index contributed by atoms with van der Waals surface area (Å²) in [6.45, 7) is 1.51. The van der Waals surface area contributed by atoms with Crippen LogP contribution >= 0.6 is 0 Å². The number of aromatic nitrogens is 2. The van der Waals surface area contributed by atoms with E-state index in [1.54, 1.807) is 0 Å². The lowest BCUT2D eigenvalue weighted by Gasteiger charge is -2.02. The van der Waals surface area contributed by atoms with Gasteiger partial charge < -0.3 is 5.11 Å². The van der Waals surface area contributed by atoms with Gasteiger partial charge in [0.15, 0.2) is 5.69 Å². The van der Waals surface area contributed by atoms with Gasteiger partial charge in [0.1, 0.15) is 0 Å². The van der Waals surface area contributed by atoms with Crippen LogP contribution in [0.15, 0.2) is 6.07 Å². The first-order chi connectivity index (χ1) is 6.30. The highest BCUT2D eigenvalue weighted by atomic mass is 19.4. The number of rotatable bonds is 2. The molecule has 0 aliphatic carbocycles. The quantitative estimate of drug-likeness (QED) is 0.796. The molecule has 1 heterocycles. The molecule has 0 spiro atoms. The van der Waals surface area contributed by atoms with E-state index in [2.05, 4.69) is 5.10 Å². The second-order valence-corrected chi connectivity index (χ2v) is 3.20. The molecule has 1 atom stereocenters. The molecule has 1 aromatic heterocycles. The van der Waals surface area contributed by atoms with Crippen molar-refractivity contribution in [2.75, 3.05) is 0 Å². The maximum Gasteiger partial charge on any atom is 0.435 e. The largest absolute Gasteiger partial charge is 0.435 e. The van der Waals surface area contributed by atoms with Crippen LogP contribution in [0, 0.1) is 0 Å². The van der Waals surface area contributed by atoms with Crippen LogP contribution in [0.2, 0.25) is 0 Å². The van der Waals surface area contributed by atoms with Crippen molar-refractivity contribution in [3.63, 3.8) is 0 Å². The highest BCUT2D eigenvalue weighted by Crippen LogP contribution is 2.28. The number of aryl methyl sites for hydroxylation is 1. The molecule has 0 fully saturated rings. The lowest BCUT2D eigenvalue weighted by atomic mass is 10.2. The highest BCUT2D eigenvalue weighted by Gasteiger charge is 2.34. The average molecular weight is 208 g/mol. The van der Waals surface area contributed by atoms with Gasteiger partial charge in [-0.1, -0.05) is 0 Å². The van der Waals surface area contributed by atoms with E-state index in [0.717, 1.165) is 10.7 Å². The lowest BCUT2D eigenvalue weighted by Crippen LogP contribution is -2.08. The normalized spacial score (nSPS) is 14.4. The average Bonchev–Trinajstić information content (AvgIpc) is 2.30. The Bertz CT molecular complexity index is 317. The number of aliphatic hydroxyl groups is 1. The summed E-state index contributed by atoms with van der Waals surface area (Å²) < 4.78 is 37.7. The van der Waals surface area contributed by atoms with Gasteiger partial charge in [-0.05, 0) is 13.0 Å². The third-order valence-electron chi connectivity index (χ3n) is 1.77. The van der Waals surface area contributed by atoms with Crippen molar-refractivity contribution in [3.8, 4) is 0 Å². The molecule has 6 heteroatoms. The first-order valence-corrected chi connectivity index (χ1v) is 4.09. The van der Waals surface area contributed by atoms with Gasteiger partial charge in [-0.15, -0.1) is 0 Å². The molecule has 0 saturated heterocycles. The predicted molar refractivity (Wildman–Crippen MR) is 43.6 cm³/mol. The van der Waals surface area contributed by atoms with Crippen LogP contribution in [0.25, 0.3) is 0 Å². The van der Waals surface area contributed by atoms with Gasteiger partial charge >= 0.3 is 6.18 Å². The predicted octanol–water partition coefficient (Wildman–Crippen LogP) is 1.36. The maximum absolute atomic E-state index is 12.2. The minimum Gasteiger partial charge on any atom is -0.393 e. The lowest BCUT2D eigenvalue weighted by molar-refractivity contribution is -0.141. The summed E-state index contributed by atoms with van der Waals surface area (Å²) >= 11 is 0. The molecule has 0 aromatic carbocycles. The van der Waals surface area contributed by atoms with Crippen LogP contribution < -0.4 is 0 Å². The third-order valence-corrected chi connectivity index (χ3v) is 1.77. The number of nitrogens with zero attached hydrogens (tertiary/aromatic N) is 2. The molecule has 14 heavy (non-hydrogen) atoms. The summed E-state index contributed by atoms with van der Waals surface area (Å²) in [5, 5.41) is 12.3. The molecule has 0 saturated carbocycles. The Morgan fingerprint density at radius 3 is 2.50 bits per heavy atom. The number of alkyl halides is 3. The van der Waals surface area contributed by atoms with Crippen molar-refractivity contribution < 1.29 is 18.3 Å². The van der Waals surface area contributed by atoms with E-state index in [-0.39, 0.29) is 6.42 Å². The Labute approximate surface area is 79.2 Å². The van der Waals surface area contributed by atoms with Gasteiger partial charge in [0.25, 0.3) is 0 Å². The van der Waals surface area contributed by atoms with Crippen molar-refractivity contribution >= 4 is 0 Å². The summed E-state index contributed by atoms with van der Waals surface area (Å²) in [6.07, 6.45) is -4.93. The number of hydrogen-bond donors (Lipinski definition) is 1. The smallest absolute Gasteiger partial charge is 0.393 e. The second kappa shape index (κ2) is 3.61. The van der Waals surface area contributed by atoms with Crippen LogP contribution in [-0.4, -0.2) is 21.0 Å². The van der Waals surface area contributed by atoms with Gasteiger partial charge in [-0.3, -0.25) is 4.68 Å². The minimum absolute atomic E-state index is 0.166. The monoisotopic (exact) mass is 208 g/mol. The number of halogens is 3. The van der Waals surface area contributed by atoms with E-state index in [1.165, 1.54) is 14.0 Å². The summed E-state index contributed by atoms with van der Waals surface area (Å²) in [4.78, 5) is 0. The Balaban J connectivity index is 2.94. The second-order valence-electron chi connectivity index (χ2n) is 3.20. The van der Waals surface area contributed by atoms with Crippen LogP contribution in [0.4, 0.5) is 13.2 Å². The molecule has 80 valence electrons. The fraction of sp³-hybridized carbons (Fsp3) is 0.625. The highest BCUT2D eigenvalue weighted by molar-refractivity contribution is 5.13. The topological polar surface area (TPSA) is 38.1 Å². The summed E-state index contributed by atoms with van der Waals surface area (Å²) in [5.74, 6) is 0. The zero-order chi connectivity index (χ0) is 10.9. The number of aliphatic hydroxyl groups excluding tert-OH is 1. The Hall–Kier alpha value is -1.04. The summed E-state index contributed by atoms with van der Waals surface area (Å²) in [6, 6.07) is 0.951. The van der Waals surface area contributed by atoms with Gasteiger partial charge in [0, 0.05) is 19.2 Å². The van der Waals surface area contributed by atoms with Crippen molar-refractivity contribution in [3.05, 3.63) is 17.5 Å². The Kier molecular flexibility index (Phi) is 2.84. The molecule has 0 radical (unpaired) electrons. The summed E-state index contributed by atoms with van der Waals surface area (Å²) in [7, 11) is 1.42. The molecule has 0 bridgehead atoms. The van der Waals surface area contributed by atoms with E-state index < -0.39 is 18.0 Å². The molecule has 0 unspecified atom stereocenters. The van der Waals surface area contributed by atoms with Crippen LogP contribution in [-0.2, 0) is 19.6 Å². The third kappa shape index (κ3) is 2.47. The molecular weight excluding hydrogens is 197 g/mol. The first-order valence-electron chi connectivity index (χ1n) is 4.09. The van der Waals surface area contributed by atoms with Crippen molar-refractivity contribution in [2.45, 2.75) is 25.6 Å². The van der Waals surface area contributed by atoms with Gasteiger partial charge in [-0.2, -0.15) is 18.3 Å². The fourth-order valence-electron chi connectivity index (χ4n) is 1.14. The minimum atomic E-state index is -4.42.